The highest BCUT2D eigenvalue weighted by atomic mass is 16.5. The topological polar surface area (TPSA) is 111 Å². The number of hydrogen-bond acceptors (Lipinski definition) is 4. The van der Waals surface area contributed by atoms with Crippen LogP contribution in [0, 0.1) is 6.92 Å². The van der Waals surface area contributed by atoms with Gasteiger partial charge in [-0.3, -0.25) is 14.4 Å². The highest BCUT2D eigenvalue weighted by molar-refractivity contribution is 6.09. The van der Waals surface area contributed by atoms with E-state index in [0.29, 0.717) is 23.6 Å². The molecule has 164 valence electrons. The lowest BCUT2D eigenvalue weighted by atomic mass is 10.1. The second-order valence-corrected chi connectivity index (χ2v) is 7.28. The predicted molar refractivity (Wildman–Crippen MR) is 122 cm³/mol. The largest absolute Gasteiger partial charge is 0.489 e. The first-order valence-electron chi connectivity index (χ1n) is 10.2. The van der Waals surface area contributed by atoms with Crippen molar-refractivity contribution in [2.45, 2.75) is 20.0 Å². The van der Waals surface area contributed by atoms with Gasteiger partial charge in [-0.1, -0.05) is 48.0 Å². The van der Waals surface area contributed by atoms with Gasteiger partial charge < -0.3 is 21.1 Å². The van der Waals surface area contributed by atoms with Crippen LogP contribution in [0.25, 0.3) is 0 Å². The molecular formula is C25H25N3O4. The molecule has 0 fully saturated rings. The van der Waals surface area contributed by atoms with Crippen LogP contribution in [0.15, 0.2) is 72.8 Å². The number of anilines is 1. The Balaban J connectivity index is 1.66. The molecule has 3 amide bonds. The van der Waals surface area contributed by atoms with Gasteiger partial charge in [-0.15, -0.1) is 0 Å². The molecule has 4 N–H and O–H groups in total. The average molecular weight is 431 g/mol. The second kappa shape index (κ2) is 10.8. The highest BCUT2D eigenvalue weighted by Gasteiger charge is 2.14. The standard InChI is InChI=1S/C25H25N3O4/c1-17-6-4-7-18(14-17)16-32-20-9-5-8-19(15-20)24(30)28-22-11-3-2-10-21(22)25(31)27-13-12-23(26)29/h2-11,14-15H,12-13,16H2,1H3,(H2,26,29)(H,27,31)(H,28,30). The summed E-state index contributed by atoms with van der Waals surface area (Å²) in [5.74, 6) is -0.714. The molecule has 0 aliphatic heterocycles. The van der Waals surface area contributed by atoms with Crippen molar-refractivity contribution in [3.63, 3.8) is 0 Å². The lowest BCUT2D eigenvalue weighted by Gasteiger charge is -2.12. The zero-order chi connectivity index (χ0) is 22.9. The van der Waals surface area contributed by atoms with E-state index in [2.05, 4.69) is 10.6 Å². The van der Waals surface area contributed by atoms with E-state index in [4.69, 9.17) is 10.5 Å². The number of ether oxygens (including phenoxy) is 1. The van der Waals surface area contributed by atoms with Crippen molar-refractivity contribution in [3.8, 4) is 5.75 Å². The fourth-order valence-corrected chi connectivity index (χ4v) is 3.07. The van der Waals surface area contributed by atoms with Crippen LogP contribution in [-0.2, 0) is 11.4 Å². The van der Waals surface area contributed by atoms with Crippen molar-refractivity contribution < 1.29 is 19.1 Å². The molecule has 0 unspecified atom stereocenters. The van der Waals surface area contributed by atoms with Gasteiger partial charge >= 0.3 is 0 Å². The summed E-state index contributed by atoms with van der Waals surface area (Å²) < 4.78 is 5.83. The van der Waals surface area contributed by atoms with Crippen LogP contribution in [-0.4, -0.2) is 24.3 Å². The van der Waals surface area contributed by atoms with Crippen molar-refractivity contribution in [2.75, 3.05) is 11.9 Å². The van der Waals surface area contributed by atoms with Crippen LogP contribution in [0.3, 0.4) is 0 Å². The van der Waals surface area contributed by atoms with Gasteiger partial charge in [-0.2, -0.15) is 0 Å². The van der Waals surface area contributed by atoms with Gasteiger partial charge in [-0.05, 0) is 42.8 Å². The van der Waals surface area contributed by atoms with Crippen molar-refractivity contribution in [3.05, 3.63) is 95.1 Å². The number of carbonyl (C=O) groups is 3. The van der Waals surface area contributed by atoms with Gasteiger partial charge in [0, 0.05) is 18.5 Å². The number of amides is 3. The molecule has 0 aliphatic rings. The van der Waals surface area contributed by atoms with Crippen molar-refractivity contribution >= 4 is 23.4 Å². The Morgan fingerprint density at radius 1 is 0.906 bits per heavy atom. The molecule has 32 heavy (non-hydrogen) atoms. The minimum absolute atomic E-state index is 0.0373. The molecule has 0 aliphatic carbocycles. The summed E-state index contributed by atoms with van der Waals surface area (Å²) in [5, 5.41) is 5.39. The van der Waals surface area contributed by atoms with Gasteiger partial charge in [0.25, 0.3) is 11.8 Å². The van der Waals surface area contributed by atoms with Crippen LogP contribution >= 0.6 is 0 Å². The lowest BCUT2D eigenvalue weighted by molar-refractivity contribution is -0.117. The Hall–Kier alpha value is -4.13. The van der Waals surface area contributed by atoms with E-state index < -0.39 is 11.8 Å². The Bertz CT molecular complexity index is 1130. The third-order valence-corrected chi connectivity index (χ3v) is 4.66. The Morgan fingerprint density at radius 2 is 1.69 bits per heavy atom. The van der Waals surface area contributed by atoms with Crippen molar-refractivity contribution in [2.24, 2.45) is 5.73 Å². The number of rotatable bonds is 9. The number of aryl methyl sites for hydroxylation is 1. The van der Waals surface area contributed by atoms with E-state index in [9.17, 15) is 14.4 Å². The maximum Gasteiger partial charge on any atom is 0.255 e. The van der Waals surface area contributed by atoms with Gasteiger partial charge in [-0.25, -0.2) is 0 Å². The quantitative estimate of drug-likeness (QED) is 0.482. The zero-order valence-corrected chi connectivity index (χ0v) is 17.8. The number of para-hydroxylation sites is 1. The van der Waals surface area contributed by atoms with Crippen LogP contribution in [0.1, 0.15) is 38.3 Å². The molecule has 7 heteroatoms. The predicted octanol–water partition coefficient (Wildman–Crippen LogP) is 3.43. The minimum Gasteiger partial charge on any atom is -0.489 e. The number of nitrogens with two attached hydrogens (primary N) is 1. The zero-order valence-electron chi connectivity index (χ0n) is 17.8. The molecule has 3 aromatic carbocycles. The minimum atomic E-state index is -0.503. The molecule has 0 saturated heterocycles. The van der Waals surface area contributed by atoms with Crippen molar-refractivity contribution in [1.29, 1.82) is 0 Å². The van der Waals surface area contributed by atoms with Gasteiger partial charge in [0.05, 0.1) is 11.3 Å². The second-order valence-electron chi connectivity index (χ2n) is 7.28. The van der Waals surface area contributed by atoms with E-state index in [0.717, 1.165) is 11.1 Å². The summed E-state index contributed by atoms with van der Waals surface area (Å²) in [4.78, 5) is 36.1. The SMILES string of the molecule is Cc1cccc(COc2cccc(C(=O)Nc3ccccc3C(=O)NCCC(N)=O)c2)c1. The summed E-state index contributed by atoms with van der Waals surface area (Å²) >= 11 is 0. The monoisotopic (exact) mass is 431 g/mol. The lowest BCUT2D eigenvalue weighted by Crippen LogP contribution is -2.28. The van der Waals surface area contributed by atoms with E-state index >= 15 is 0 Å². The maximum atomic E-state index is 12.8. The molecule has 0 spiro atoms. The molecule has 3 aromatic rings. The number of hydrogen-bond donors (Lipinski definition) is 3. The molecule has 7 nitrogen and oxygen atoms in total. The first kappa shape index (κ1) is 22.6. The summed E-state index contributed by atoms with van der Waals surface area (Å²) in [6, 6.07) is 21.5. The van der Waals surface area contributed by atoms with Crippen molar-refractivity contribution in [1.82, 2.24) is 5.32 Å². The fourth-order valence-electron chi connectivity index (χ4n) is 3.07. The van der Waals surface area contributed by atoms with Gasteiger partial charge in [0.2, 0.25) is 5.91 Å². The Morgan fingerprint density at radius 3 is 2.47 bits per heavy atom. The van der Waals surface area contributed by atoms with Crippen LogP contribution < -0.4 is 21.1 Å². The maximum absolute atomic E-state index is 12.8. The van der Waals surface area contributed by atoms with E-state index in [1.165, 1.54) is 0 Å². The highest BCUT2D eigenvalue weighted by Crippen LogP contribution is 2.19. The Kier molecular flexibility index (Phi) is 7.59. The van der Waals surface area contributed by atoms with Crippen LogP contribution in [0.5, 0.6) is 5.75 Å². The molecule has 0 radical (unpaired) electrons. The summed E-state index contributed by atoms with van der Waals surface area (Å²) in [6.07, 6.45) is 0.0373. The first-order valence-corrected chi connectivity index (χ1v) is 10.2. The molecule has 0 saturated carbocycles. The molecule has 0 heterocycles. The Labute approximate surface area is 186 Å². The third-order valence-electron chi connectivity index (χ3n) is 4.66. The van der Waals surface area contributed by atoms with Crippen LogP contribution in [0.4, 0.5) is 5.69 Å². The normalized spacial score (nSPS) is 10.3. The van der Waals surface area contributed by atoms with E-state index in [1.54, 1.807) is 48.5 Å². The summed E-state index contributed by atoms with van der Waals surface area (Å²) in [6.45, 7) is 2.53. The van der Waals surface area contributed by atoms with E-state index in [-0.39, 0.29) is 24.4 Å². The smallest absolute Gasteiger partial charge is 0.255 e. The van der Waals surface area contributed by atoms with Gasteiger partial charge in [0.15, 0.2) is 0 Å². The number of primary amides is 1. The molecular weight excluding hydrogens is 406 g/mol. The fraction of sp³-hybridized carbons (Fsp3) is 0.160. The molecule has 0 bridgehead atoms. The average Bonchev–Trinajstić information content (AvgIpc) is 2.78. The summed E-state index contributed by atoms with van der Waals surface area (Å²) in [7, 11) is 0. The number of carbonyl (C=O) groups excluding carboxylic acids is 3. The summed E-state index contributed by atoms with van der Waals surface area (Å²) in [5.41, 5.74) is 8.33. The number of nitrogens with one attached hydrogen (secondary N) is 2. The van der Waals surface area contributed by atoms with Gasteiger partial charge in [0.1, 0.15) is 12.4 Å². The molecule has 3 rings (SSSR count). The van der Waals surface area contributed by atoms with Crippen LogP contribution in [0.2, 0.25) is 0 Å². The first-order chi connectivity index (χ1) is 15.4. The number of benzene rings is 3. The van der Waals surface area contributed by atoms with E-state index in [1.807, 2.05) is 31.2 Å². The third kappa shape index (κ3) is 6.43. The molecule has 0 atom stereocenters. The molecule has 0 aromatic heterocycles.